The summed E-state index contributed by atoms with van der Waals surface area (Å²) in [7, 11) is -3.40. The number of aromatic nitrogens is 6. The summed E-state index contributed by atoms with van der Waals surface area (Å²) in [6, 6.07) is 7.32. The molecular formula is C21H23N7O3S. The Kier molecular flexibility index (Phi) is 4.94. The van der Waals surface area contributed by atoms with Crippen LogP contribution < -0.4 is 4.90 Å². The number of fused-ring (bicyclic) bond motifs is 1. The summed E-state index contributed by atoms with van der Waals surface area (Å²) in [5.41, 5.74) is 5.02. The van der Waals surface area contributed by atoms with Crippen LogP contribution in [0.5, 0.6) is 0 Å². The molecule has 0 spiro atoms. The zero-order valence-electron chi connectivity index (χ0n) is 18.0. The Labute approximate surface area is 185 Å². The number of sulfone groups is 1. The van der Waals surface area contributed by atoms with E-state index in [-0.39, 0.29) is 11.1 Å². The molecule has 10 nitrogen and oxygen atoms in total. The van der Waals surface area contributed by atoms with E-state index in [1.807, 2.05) is 12.1 Å². The molecule has 5 heterocycles. The molecule has 0 aliphatic carbocycles. The van der Waals surface area contributed by atoms with Gasteiger partial charge in [0, 0.05) is 35.8 Å². The second-order valence-corrected chi connectivity index (χ2v) is 9.92. The molecule has 4 aromatic rings. The lowest BCUT2D eigenvalue weighted by molar-refractivity contribution is 0.0986. The SMILES string of the molecule is Cc1nc(S(C)(=O)=O)ccc1-c1cc(N2CCOCC2C)nc2c(-c3cc[nH]n3)n[nH]c12. The molecule has 1 saturated heterocycles. The van der Waals surface area contributed by atoms with E-state index in [1.165, 1.54) is 6.07 Å². The fourth-order valence-corrected chi connectivity index (χ4v) is 4.63. The highest BCUT2D eigenvalue weighted by molar-refractivity contribution is 7.90. The molecule has 4 aromatic heterocycles. The minimum Gasteiger partial charge on any atom is -0.377 e. The van der Waals surface area contributed by atoms with Gasteiger partial charge in [0.1, 0.15) is 22.7 Å². The smallest absolute Gasteiger partial charge is 0.192 e. The van der Waals surface area contributed by atoms with Crippen LogP contribution in [0.15, 0.2) is 35.5 Å². The number of morpholine rings is 1. The lowest BCUT2D eigenvalue weighted by Crippen LogP contribution is -2.44. The number of H-pyrrole nitrogens is 2. The van der Waals surface area contributed by atoms with Gasteiger partial charge in [-0.3, -0.25) is 10.2 Å². The van der Waals surface area contributed by atoms with Gasteiger partial charge in [-0.2, -0.15) is 10.2 Å². The van der Waals surface area contributed by atoms with Crippen LogP contribution in [0.4, 0.5) is 5.82 Å². The number of nitrogens with zero attached hydrogens (tertiary/aromatic N) is 5. The number of nitrogens with one attached hydrogen (secondary N) is 2. The number of rotatable bonds is 4. The zero-order chi connectivity index (χ0) is 22.5. The molecule has 1 unspecified atom stereocenters. The van der Waals surface area contributed by atoms with Crippen LogP contribution >= 0.6 is 0 Å². The zero-order valence-corrected chi connectivity index (χ0v) is 18.8. The van der Waals surface area contributed by atoms with E-state index < -0.39 is 9.84 Å². The topological polar surface area (TPSA) is 130 Å². The summed E-state index contributed by atoms with van der Waals surface area (Å²) >= 11 is 0. The van der Waals surface area contributed by atoms with Crippen LogP contribution in [0.25, 0.3) is 33.5 Å². The number of hydrogen-bond donors (Lipinski definition) is 2. The molecule has 1 aliphatic rings. The van der Waals surface area contributed by atoms with Crippen molar-refractivity contribution in [1.29, 1.82) is 0 Å². The van der Waals surface area contributed by atoms with Gasteiger partial charge in [0.2, 0.25) is 0 Å². The van der Waals surface area contributed by atoms with Gasteiger partial charge in [0.05, 0.1) is 24.8 Å². The summed E-state index contributed by atoms with van der Waals surface area (Å²) in [5.74, 6) is 0.799. The predicted octanol–water partition coefficient (Wildman–Crippen LogP) is 2.35. The average Bonchev–Trinajstić information content (AvgIpc) is 3.42. The first-order chi connectivity index (χ1) is 15.3. The molecule has 11 heteroatoms. The molecule has 166 valence electrons. The van der Waals surface area contributed by atoms with Crippen molar-refractivity contribution in [2.24, 2.45) is 0 Å². The first-order valence-electron chi connectivity index (χ1n) is 10.2. The summed E-state index contributed by atoms with van der Waals surface area (Å²) in [6.45, 7) is 5.87. The molecular weight excluding hydrogens is 430 g/mol. The number of anilines is 1. The van der Waals surface area contributed by atoms with Gasteiger partial charge in [-0.05, 0) is 38.1 Å². The molecule has 0 saturated carbocycles. The lowest BCUT2D eigenvalue weighted by atomic mass is 10.0. The number of ether oxygens (including phenoxy) is 1. The van der Waals surface area contributed by atoms with Crippen molar-refractivity contribution in [3.05, 3.63) is 36.2 Å². The monoisotopic (exact) mass is 453 g/mol. The predicted molar refractivity (Wildman–Crippen MR) is 120 cm³/mol. The van der Waals surface area contributed by atoms with Crippen molar-refractivity contribution in [2.75, 3.05) is 30.9 Å². The molecule has 32 heavy (non-hydrogen) atoms. The van der Waals surface area contributed by atoms with Crippen molar-refractivity contribution in [1.82, 2.24) is 30.4 Å². The molecule has 1 atom stereocenters. The molecule has 0 radical (unpaired) electrons. The van der Waals surface area contributed by atoms with E-state index in [2.05, 4.69) is 37.2 Å². The Bertz CT molecular complexity index is 1400. The number of aryl methyl sites for hydroxylation is 1. The molecule has 2 N–H and O–H groups in total. The Morgan fingerprint density at radius 2 is 2.00 bits per heavy atom. The maximum atomic E-state index is 12.0. The third kappa shape index (κ3) is 3.53. The van der Waals surface area contributed by atoms with Crippen LogP contribution in [0.1, 0.15) is 12.6 Å². The van der Waals surface area contributed by atoms with Crippen molar-refractivity contribution < 1.29 is 13.2 Å². The minimum absolute atomic E-state index is 0.0490. The van der Waals surface area contributed by atoms with Gasteiger partial charge < -0.3 is 9.64 Å². The van der Waals surface area contributed by atoms with Gasteiger partial charge in [-0.25, -0.2) is 18.4 Å². The fraction of sp³-hybridized carbons (Fsp3) is 0.333. The van der Waals surface area contributed by atoms with Crippen molar-refractivity contribution in [3.63, 3.8) is 0 Å². The van der Waals surface area contributed by atoms with Crippen LogP contribution in [-0.2, 0) is 14.6 Å². The van der Waals surface area contributed by atoms with Gasteiger partial charge >= 0.3 is 0 Å². The van der Waals surface area contributed by atoms with Crippen LogP contribution in [0, 0.1) is 6.92 Å². The van der Waals surface area contributed by atoms with E-state index in [0.29, 0.717) is 35.8 Å². The van der Waals surface area contributed by atoms with Crippen molar-refractivity contribution in [2.45, 2.75) is 24.9 Å². The molecule has 0 aromatic carbocycles. The summed E-state index contributed by atoms with van der Waals surface area (Å²) < 4.78 is 29.5. The molecule has 0 amide bonds. The first-order valence-corrected chi connectivity index (χ1v) is 12.1. The highest BCUT2D eigenvalue weighted by atomic mass is 32.2. The van der Waals surface area contributed by atoms with Crippen LogP contribution in [-0.4, -0.2) is 70.8 Å². The third-order valence-electron chi connectivity index (χ3n) is 5.65. The van der Waals surface area contributed by atoms with Gasteiger partial charge in [-0.1, -0.05) is 0 Å². The third-order valence-corrected chi connectivity index (χ3v) is 6.63. The van der Waals surface area contributed by atoms with Crippen LogP contribution in [0.2, 0.25) is 0 Å². The normalized spacial score (nSPS) is 17.2. The van der Waals surface area contributed by atoms with Gasteiger partial charge in [0.15, 0.2) is 14.9 Å². The van der Waals surface area contributed by atoms with Gasteiger partial charge in [0.25, 0.3) is 0 Å². The van der Waals surface area contributed by atoms with E-state index in [1.54, 1.807) is 19.2 Å². The fourth-order valence-electron chi connectivity index (χ4n) is 4.01. The quantitative estimate of drug-likeness (QED) is 0.482. The summed E-state index contributed by atoms with van der Waals surface area (Å²) in [5, 5.41) is 14.7. The van der Waals surface area contributed by atoms with Gasteiger partial charge in [-0.15, -0.1) is 0 Å². The highest BCUT2D eigenvalue weighted by Gasteiger charge is 2.25. The van der Waals surface area contributed by atoms with Crippen molar-refractivity contribution in [3.8, 4) is 22.5 Å². The Hall–Kier alpha value is -3.31. The average molecular weight is 454 g/mol. The maximum absolute atomic E-state index is 12.0. The van der Waals surface area contributed by atoms with Crippen LogP contribution in [0.3, 0.4) is 0 Å². The first kappa shape index (κ1) is 20.6. The molecule has 1 aliphatic heterocycles. The number of hydrogen-bond acceptors (Lipinski definition) is 8. The molecule has 1 fully saturated rings. The maximum Gasteiger partial charge on any atom is 0.192 e. The molecule has 0 bridgehead atoms. The largest absolute Gasteiger partial charge is 0.377 e. The Balaban J connectivity index is 1.75. The van der Waals surface area contributed by atoms with E-state index in [0.717, 1.165) is 35.3 Å². The Morgan fingerprint density at radius 3 is 2.69 bits per heavy atom. The molecule has 5 rings (SSSR count). The number of pyridine rings is 2. The second kappa shape index (κ2) is 7.68. The minimum atomic E-state index is -3.40. The number of aromatic amines is 2. The summed E-state index contributed by atoms with van der Waals surface area (Å²) in [6.07, 6.45) is 2.89. The highest BCUT2D eigenvalue weighted by Crippen LogP contribution is 2.36. The van der Waals surface area contributed by atoms with E-state index in [4.69, 9.17) is 9.72 Å². The van der Waals surface area contributed by atoms with E-state index in [9.17, 15) is 8.42 Å². The second-order valence-electron chi connectivity index (χ2n) is 7.96. The standard InChI is InChI=1S/C21H23N7O3S/c1-12-11-31-9-8-28(12)17-10-15(14-4-5-18(23-13(14)2)32(3,29)30)19-21(24-17)20(27-26-19)16-6-7-22-25-16/h4-7,10,12H,8-9,11H2,1-3H3,(H,22,25)(H,26,27). The van der Waals surface area contributed by atoms with E-state index >= 15 is 0 Å². The summed E-state index contributed by atoms with van der Waals surface area (Å²) in [4.78, 5) is 11.5. The lowest BCUT2D eigenvalue weighted by Gasteiger charge is -2.34. The van der Waals surface area contributed by atoms with Crippen molar-refractivity contribution >= 4 is 26.7 Å². The Morgan fingerprint density at radius 1 is 1.16 bits per heavy atom.